The number of nitrogens with zero attached hydrogens (tertiary/aromatic N) is 1. The number of carboxylic acids is 1. The third-order valence-electron chi connectivity index (χ3n) is 3.80. The molecule has 0 spiro atoms. The Labute approximate surface area is 113 Å². The van der Waals surface area contributed by atoms with E-state index in [4.69, 9.17) is 14.6 Å². The lowest BCUT2D eigenvalue weighted by molar-refractivity contribution is -0.142. The first-order valence-corrected chi connectivity index (χ1v) is 6.37. The molecule has 0 aromatic carbocycles. The molecule has 2 unspecified atom stereocenters. The van der Waals surface area contributed by atoms with Gasteiger partial charge >= 0.3 is 5.97 Å². The molecule has 1 amide bonds. The number of hydrogen-bond acceptors (Lipinski definition) is 4. The van der Waals surface area contributed by atoms with E-state index in [2.05, 4.69) is 0 Å². The second-order valence-corrected chi connectivity index (χ2v) is 5.43. The summed E-state index contributed by atoms with van der Waals surface area (Å²) in [6, 6.07) is 0. The van der Waals surface area contributed by atoms with Gasteiger partial charge < -0.3 is 19.5 Å². The zero-order chi connectivity index (χ0) is 14.6. The molecule has 6 nitrogen and oxygen atoms in total. The number of ether oxygens (including phenoxy) is 2. The molecule has 0 radical (unpaired) electrons. The molecule has 19 heavy (non-hydrogen) atoms. The average molecular weight is 273 g/mol. The van der Waals surface area contributed by atoms with Crippen LogP contribution in [0, 0.1) is 17.3 Å². The fourth-order valence-electron chi connectivity index (χ4n) is 2.49. The summed E-state index contributed by atoms with van der Waals surface area (Å²) in [5.74, 6) is -2.06. The van der Waals surface area contributed by atoms with Gasteiger partial charge in [-0.05, 0) is 5.41 Å². The van der Waals surface area contributed by atoms with E-state index in [0.717, 1.165) is 0 Å². The lowest BCUT2D eigenvalue weighted by atomic mass is 10.1. The van der Waals surface area contributed by atoms with Crippen LogP contribution in [0.3, 0.4) is 0 Å². The maximum Gasteiger partial charge on any atom is 0.307 e. The minimum atomic E-state index is -0.901. The normalized spacial score (nSPS) is 24.0. The molecule has 1 fully saturated rings. The van der Waals surface area contributed by atoms with Crippen LogP contribution in [0.1, 0.15) is 13.8 Å². The molecule has 2 atom stereocenters. The van der Waals surface area contributed by atoms with Gasteiger partial charge in [0.2, 0.25) is 5.91 Å². The first-order valence-electron chi connectivity index (χ1n) is 6.37. The van der Waals surface area contributed by atoms with Gasteiger partial charge in [0.25, 0.3) is 0 Å². The minimum Gasteiger partial charge on any atom is -0.481 e. The van der Waals surface area contributed by atoms with Crippen molar-refractivity contribution in [1.29, 1.82) is 0 Å². The first kappa shape index (κ1) is 15.9. The Morgan fingerprint density at radius 2 is 1.58 bits per heavy atom. The second kappa shape index (κ2) is 6.34. The molecule has 0 aromatic rings. The summed E-state index contributed by atoms with van der Waals surface area (Å²) in [7, 11) is 3.14. The first-order chi connectivity index (χ1) is 8.87. The van der Waals surface area contributed by atoms with E-state index in [0.29, 0.717) is 26.3 Å². The number of carbonyl (C=O) groups excluding carboxylic acids is 1. The van der Waals surface area contributed by atoms with Gasteiger partial charge in [-0.3, -0.25) is 9.59 Å². The molecule has 0 aliphatic heterocycles. The lowest BCUT2D eigenvalue weighted by Gasteiger charge is -2.22. The van der Waals surface area contributed by atoms with E-state index >= 15 is 0 Å². The molecule has 6 heteroatoms. The molecule has 0 heterocycles. The van der Waals surface area contributed by atoms with Crippen molar-refractivity contribution in [3.8, 4) is 0 Å². The van der Waals surface area contributed by atoms with Gasteiger partial charge in [0.05, 0.1) is 25.0 Å². The number of methoxy groups -OCH3 is 2. The highest BCUT2D eigenvalue weighted by Gasteiger charge is 2.66. The smallest absolute Gasteiger partial charge is 0.307 e. The maximum atomic E-state index is 12.4. The molecule has 1 N–H and O–H groups in total. The third kappa shape index (κ3) is 3.45. The standard InChI is InChI=1S/C13H23NO5/c1-13(2)9(10(13)12(16)17)11(15)14(5-7-18-3)6-8-19-4/h9-10H,5-8H2,1-4H3,(H,16,17). The van der Waals surface area contributed by atoms with Crippen LogP contribution in [-0.4, -0.2) is 62.4 Å². The highest BCUT2D eigenvalue weighted by Crippen LogP contribution is 2.58. The fraction of sp³-hybridized carbons (Fsp3) is 0.846. The van der Waals surface area contributed by atoms with Crippen LogP contribution in [-0.2, 0) is 19.1 Å². The quantitative estimate of drug-likeness (QED) is 0.695. The van der Waals surface area contributed by atoms with Crippen molar-refractivity contribution in [3.63, 3.8) is 0 Å². The maximum absolute atomic E-state index is 12.4. The van der Waals surface area contributed by atoms with E-state index < -0.39 is 23.2 Å². The topological polar surface area (TPSA) is 76.1 Å². The van der Waals surface area contributed by atoms with Gasteiger partial charge in [-0.2, -0.15) is 0 Å². The Morgan fingerprint density at radius 1 is 1.11 bits per heavy atom. The van der Waals surface area contributed by atoms with Crippen LogP contribution >= 0.6 is 0 Å². The van der Waals surface area contributed by atoms with Crippen LogP contribution in [0.2, 0.25) is 0 Å². The number of hydrogen-bond donors (Lipinski definition) is 1. The van der Waals surface area contributed by atoms with Crippen molar-refractivity contribution in [2.75, 3.05) is 40.5 Å². The molecule has 1 aliphatic rings. The van der Waals surface area contributed by atoms with Crippen molar-refractivity contribution in [2.24, 2.45) is 17.3 Å². The highest BCUT2D eigenvalue weighted by atomic mass is 16.5. The van der Waals surface area contributed by atoms with Crippen LogP contribution in [0.25, 0.3) is 0 Å². The summed E-state index contributed by atoms with van der Waals surface area (Å²) in [6.07, 6.45) is 0. The van der Waals surface area contributed by atoms with E-state index in [1.54, 1.807) is 19.1 Å². The van der Waals surface area contributed by atoms with Crippen LogP contribution in [0.5, 0.6) is 0 Å². The Kier molecular flexibility index (Phi) is 5.31. The second-order valence-electron chi connectivity index (χ2n) is 5.43. The van der Waals surface area contributed by atoms with Crippen molar-refractivity contribution in [2.45, 2.75) is 13.8 Å². The van der Waals surface area contributed by atoms with Crippen LogP contribution < -0.4 is 0 Å². The van der Waals surface area contributed by atoms with Gasteiger partial charge in [-0.25, -0.2) is 0 Å². The SMILES string of the molecule is COCCN(CCOC)C(=O)C1C(C(=O)O)C1(C)C. The largest absolute Gasteiger partial charge is 0.481 e. The number of aliphatic carboxylic acids is 1. The molecule has 0 bridgehead atoms. The molecule has 0 saturated heterocycles. The van der Waals surface area contributed by atoms with Crippen molar-refractivity contribution >= 4 is 11.9 Å². The Balaban J connectivity index is 2.69. The zero-order valence-electron chi connectivity index (χ0n) is 12.0. The number of carboxylic acid groups (broad SMARTS) is 1. The molecule has 1 saturated carbocycles. The molecule has 1 rings (SSSR count). The number of rotatable bonds is 8. The lowest BCUT2D eigenvalue weighted by Crippen LogP contribution is -2.38. The summed E-state index contributed by atoms with van der Waals surface area (Å²) in [5, 5.41) is 9.12. The Morgan fingerprint density at radius 3 is 1.89 bits per heavy atom. The average Bonchev–Trinajstić information content (AvgIpc) is 2.92. The molecule has 0 aromatic heterocycles. The van der Waals surface area contributed by atoms with E-state index in [1.807, 2.05) is 13.8 Å². The van der Waals surface area contributed by atoms with E-state index in [9.17, 15) is 9.59 Å². The van der Waals surface area contributed by atoms with E-state index in [1.165, 1.54) is 0 Å². The fourth-order valence-corrected chi connectivity index (χ4v) is 2.49. The van der Waals surface area contributed by atoms with Crippen LogP contribution in [0.15, 0.2) is 0 Å². The predicted octanol–water partition coefficient (Wildman–Crippen LogP) is 0.465. The van der Waals surface area contributed by atoms with Crippen LogP contribution in [0.4, 0.5) is 0 Å². The van der Waals surface area contributed by atoms with Gasteiger partial charge in [-0.15, -0.1) is 0 Å². The van der Waals surface area contributed by atoms with Gasteiger partial charge in [-0.1, -0.05) is 13.8 Å². The predicted molar refractivity (Wildman–Crippen MR) is 68.7 cm³/mol. The summed E-state index contributed by atoms with van der Waals surface area (Å²) in [5.41, 5.74) is -0.471. The number of carbonyl (C=O) groups is 2. The number of amides is 1. The van der Waals surface area contributed by atoms with Gasteiger partial charge in [0.1, 0.15) is 0 Å². The molecular formula is C13H23NO5. The Hall–Kier alpha value is -1.14. The summed E-state index contributed by atoms with van der Waals surface area (Å²) in [6.45, 7) is 5.41. The van der Waals surface area contributed by atoms with Gasteiger partial charge in [0.15, 0.2) is 0 Å². The molecule has 1 aliphatic carbocycles. The summed E-state index contributed by atoms with van der Waals surface area (Å²) < 4.78 is 9.96. The van der Waals surface area contributed by atoms with Crippen molar-refractivity contribution in [3.05, 3.63) is 0 Å². The Bertz CT molecular complexity index is 334. The summed E-state index contributed by atoms with van der Waals surface area (Å²) in [4.78, 5) is 25.1. The minimum absolute atomic E-state index is 0.119. The van der Waals surface area contributed by atoms with Crippen molar-refractivity contribution in [1.82, 2.24) is 4.90 Å². The third-order valence-corrected chi connectivity index (χ3v) is 3.80. The van der Waals surface area contributed by atoms with Gasteiger partial charge in [0, 0.05) is 27.3 Å². The monoisotopic (exact) mass is 273 g/mol. The highest BCUT2D eigenvalue weighted by molar-refractivity contribution is 5.91. The summed E-state index contributed by atoms with van der Waals surface area (Å²) >= 11 is 0. The van der Waals surface area contributed by atoms with Crippen molar-refractivity contribution < 1.29 is 24.2 Å². The molecule has 110 valence electrons. The molecular weight excluding hydrogens is 250 g/mol. The zero-order valence-corrected chi connectivity index (χ0v) is 12.0. The van der Waals surface area contributed by atoms with E-state index in [-0.39, 0.29) is 5.91 Å².